The van der Waals surface area contributed by atoms with Crippen molar-refractivity contribution in [1.82, 2.24) is 10.1 Å². The van der Waals surface area contributed by atoms with Crippen LogP contribution in [0.5, 0.6) is 0 Å². The van der Waals surface area contributed by atoms with Gasteiger partial charge in [0.2, 0.25) is 0 Å². The molecule has 0 amide bonds. The van der Waals surface area contributed by atoms with E-state index in [1.165, 1.54) is 30.4 Å². The van der Waals surface area contributed by atoms with E-state index < -0.39 is 0 Å². The molecule has 3 fully saturated rings. The summed E-state index contributed by atoms with van der Waals surface area (Å²) in [4.78, 5) is 3.25. The first-order chi connectivity index (χ1) is 10.8. The van der Waals surface area contributed by atoms with Gasteiger partial charge in [-0.1, -0.05) is 0 Å². The van der Waals surface area contributed by atoms with E-state index in [0.717, 1.165) is 17.4 Å². The molecule has 3 nitrogen and oxygen atoms in total. The van der Waals surface area contributed by atoms with Crippen molar-refractivity contribution >= 4 is 25.5 Å². The molecule has 114 valence electrons. The second-order valence-electron chi connectivity index (χ2n) is 6.11. The first-order valence-electron chi connectivity index (χ1n) is 7.90. The van der Waals surface area contributed by atoms with Gasteiger partial charge in [0, 0.05) is 0 Å². The molecular formula is C18H20N2OSe. The third kappa shape index (κ3) is 2.79. The normalized spacial score (nSPS) is 29.1. The van der Waals surface area contributed by atoms with Crippen molar-refractivity contribution in [2.75, 3.05) is 13.1 Å². The van der Waals surface area contributed by atoms with Gasteiger partial charge in [0.25, 0.3) is 0 Å². The van der Waals surface area contributed by atoms with Gasteiger partial charge in [-0.2, -0.15) is 0 Å². The Balaban J connectivity index is 1.65. The van der Waals surface area contributed by atoms with E-state index in [-0.39, 0.29) is 0 Å². The van der Waals surface area contributed by atoms with Crippen molar-refractivity contribution in [3.05, 3.63) is 53.4 Å². The third-order valence-corrected chi connectivity index (χ3v) is 7.37. The SMILES string of the molecule is Cc1cc(/C=C2/C3CCN(CC3)[C@H]2[Se]c2ccccc2)on1. The number of piperidine rings is 3. The first-order valence-corrected chi connectivity index (χ1v) is 9.75. The summed E-state index contributed by atoms with van der Waals surface area (Å²) < 4.78 is 6.91. The Hall–Kier alpha value is -1.35. The molecule has 1 aromatic heterocycles. The summed E-state index contributed by atoms with van der Waals surface area (Å²) in [6.45, 7) is 4.47. The van der Waals surface area contributed by atoms with Crippen molar-refractivity contribution in [2.45, 2.75) is 24.7 Å². The summed E-state index contributed by atoms with van der Waals surface area (Å²) in [6.07, 6.45) is 4.85. The van der Waals surface area contributed by atoms with Crippen LogP contribution >= 0.6 is 0 Å². The van der Waals surface area contributed by atoms with E-state index in [1.54, 1.807) is 5.57 Å². The van der Waals surface area contributed by atoms with Crippen LogP contribution in [-0.4, -0.2) is 43.0 Å². The molecular weight excluding hydrogens is 339 g/mol. The van der Waals surface area contributed by atoms with Gasteiger partial charge in [0.1, 0.15) is 0 Å². The number of nitrogens with zero attached hydrogens (tertiary/aromatic N) is 2. The van der Waals surface area contributed by atoms with Crippen LogP contribution in [0.15, 0.2) is 46.5 Å². The van der Waals surface area contributed by atoms with E-state index in [9.17, 15) is 0 Å². The molecule has 1 atom stereocenters. The fraction of sp³-hybridized carbons (Fsp3) is 0.389. The summed E-state index contributed by atoms with van der Waals surface area (Å²) in [6, 6.07) is 13.0. The standard InChI is InChI=1S/C18H20N2OSe/c1-13-11-15(21-19-13)12-17-14-7-9-20(10-8-14)18(17)22-16-5-3-2-4-6-16/h2-6,11-12,14,18H,7-10H2,1H3/b17-12-/t18-/m0/s1. The molecule has 3 saturated heterocycles. The van der Waals surface area contributed by atoms with Crippen LogP contribution in [0.25, 0.3) is 6.08 Å². The maximum atomic E-state index is 5.44. The van der Waals surface area contributed by atoms with Gasteiger partial charge in [0.05, 0.1) is 0 Å². The van der Waals surface area contributed by atoms with E-state index in [2.05, 4.69) is 46.5 Å². The molecule has 2 aromatic rings. The van der Waals surface area contributed by atoms with Crippen LogP contribution in [0.2, 0.25) is 0 Å². The molecule has 0 N–H and O–H groups in total. The van der Waals surface area contributed by atoms with Crippen LogP contribution in [0, 0.1) is 12.8 Å². The molecule has 1 aromatic carbocycles. The van der Waals surface area contributed by atoms with Crippen molar-refractivity contribution in [3.8, 4) is 0 Å². The van der Waals surface area contributed by atoms with E-state index >= 15 is 0 Å². The fourth-order valence-corrected chi connectivity index (χ4v) is 6.24. The summed E-state index contributed by atoms with van der Waals surface area (Å²) in [5.74, 6) is 1.64. The number of hydrogen-bond donors (Lipinski definition) is 0. The summed E-state index contributed by atoms with van der Waals surface area (Å²) in [5.41, 5.74) is 2.52. The minimum atomic E-state index is 0.446. The van der Waals surface area contributed by atoms with Gasteiger partial charge >= 0.3 is 137 Å². The second kappa shape index (κ2) is 6.04. The van der Waals surface area contributed by atoms with Gasteiger partial charge in [0.15, 0.2) is 0 Å². The average molecular weight is 359 g/mol. The molecule has 0 aliphatic carbocycles. The molecule has 4 heterocycles. The average Bonchev–Trinajstić information content (AvgIpc) is 2.97. The van der Waals surface area contributed by atoms with Crippen molar-refractivity contribution in [2.24, 2.45) is 5.92 Å². The van der Waals surface area contributed by atoms with Crippen molar-refractivity contribution in [3.63, 3.8) is 0 Å². The van der Waals surface area contributed by atoms with E-state index in [0.29, 0.717) is 19.9 Å². The number of aryl methyl sites for hydroxylation is 1. The summed E-state index contributed by atoms with van der Waals surface area (Å²) in [5, 5.41) is 4.03. The Morgan fingerprint density at radius 1 is 1.23 bits per heavy atom. The molecule has 0 radical (unpaired) electrons. The van der Waals surface area contributed by atoms with Crippen molar-refractivity contribution < 1.29 is 4.52 Å². The topological polar surface area (TPSA) is 29.3 Å². The zero-order valence-corrected chi connectivity index (χ0v) is 14.4. The van der Waals surface area contributed by atoms with Gasteiger partial charge in [-0.3, -0.25) is 0 Å². The van der Waals surface area contributed by atoms with E-state index in [1.807, 2.05) is 13.0 Å². The molecule has 5 rings (SSSR count). The monoisotopic (exact) mass is 360 g/mol. The Kier molecular flexibility index (Phi) is 3.91. The number of fused-ring (bicyclic) bond motifs is 3. The molecule has 2 bridgehead atoms. The zero-order valence-electron chi connectivity index (χ0n) is 12.7. The molecule has 22 heavy (non-hydrogen) atoms. The molecule has 3 aliphatic rings. The minimum absolute atomic E-state index is 0.446. The van der Waals surface area contributed by atoms with Crippen LogP contribution < -0.4 is 4.46 Å². The maximum absolute atomic E-state index is 5.44. The zero-order chi connectivity index (χ0) is 14.9. The summed E-state index contributed by atoms with van der Waals surface area (Å²) in [7, 11) is 0. The molecule has 0 saturated carbocycles. The molecule has 4 heteroatoms. The number of benzene rings is 1. The molecule has 3 aliphatic heterocycles. The third-order valence-electron chi connectivity index (χ3n) is 4.56. The Bertz CT molecular complexity index is 671. The van der Waals surface area contributed by atoms with Gasteiger partial charge in [-0.25, -0.2) is 0 Å². The number of rotatable bonds is 3. The second-order valence-corrected chi connectivity index (χ2v) is 8.53. The van der Waals surface area contributed by atoms with Gasteiger partial charge in [-0.05, 0) is 0 Å². The van der Waals surface area contributed by atoms with Crippen LogP contribution in [-0.2, 0) is 0 Å². The molecule has 0 spiro atoms. The van der Waals surface area contributed by atoms with Gasteiger partial charge in [-0.15, -0.1) is 0 Å². The predicted molar refractivity (Wildman–Crippen MR) is 89.1 cm³/mol. The number of aromatic nitrogens is 1. The van der Waals surface area contributed by atoms with Gasteiger partial charge < -0.3 is 0 Å². The number of hydrogen-bond acceptors (Lipinski definition) is 3. The fourth-order valence-electron chi connectivity index (χ4n) is 3.46. The Morgan fingerprint density at radius 3 is 2.68 bits per heavy atom. The van der Waals surface area contributed by atoms with Crippen LogP contribution in [0.1, 0.15) is 24.3 Å². The Morgan fingerprint density at radius 2 is 2.00 bits per heavy atom. The summed E-state index contributed by atoms with van der Waals surface area (Å²) >= 11 is 0.446. The van der Waals surface area contributed by atoms with E-state index in [4.69, 9.17) is 4.52 Å². The Labute approximate surface area is 137 Å². The first kappa shape index (κ1) is 14.3. The predicted octanol–water partition coefficient (Wildman–Crippen LogP) is 2.45. The quantitative estimate of drug-likeness (QED) is 0.789. The van der Waals surface area contributed by atoms with Crippen molar-refractivity contribution in [1.29, 1.82) is 0 Å². The van der Waals surface area contributed by atoms with Crippen LogP contribution in [0.4, 0.5) is 0 Å². The van der Waals surface area contributed by atoms with Crippen LogP contribution in [0.3, 0.4) is 0 Å². The molecule has 0 unspecified atom stereocenters.